The van der Waals surface area contributed by atoms with Crippen LogP contribution in [0.4, 0.5) is 0 Å². The molecule has 0 aliphatic carbocycles. The number of carbonyl (C=O) groups excluding carboxylic acids is 1. The summed E-state index contributed by atoms with van der Waals surface area (Å²) >= 11 is 0. The van der Waals surface area contributed by atoms with Crippen molar-refractivity contribution in [2.75, 3.05) is 0 Å². The second kappa shape index (κ2) is 7.28. The van der Waals surface area contributed by atoms with Gasteiger partial charge in [0.05, 0.1) is 11.2 Å². The third-order valence-corrected chi connectivity index (χ3v) is 5.21. The van der Waals surface area contributed by atoms with E-state index in [0.717, 1.165) is 27.7 Å². The number of para-hydroxylation sites is 2. The Morgan fingerprint density at radius 3 is 2.36 bits per heavy atom. The highest BCUT2D eigenvalue weighted by atomic mass is 16.1. The van der Waals surface area contributed by atoms with E-state index in [1.165, 1.54) is 5.56 Å². The summed E-state index contributed by atoms with van der Waals surface area (Å²) in [6, 6.07) is 23.9. The highest BCUT2D eigenvalue weighted by molar-refractivity contribution is 6.11. The molecule has 3 aromatic carbocycles. The Balaban J connectivity index is 1.85. The number of fused-ring (bicyclic) bond motifs is 1. The zero-order valence-electron chi connectivity index (χ0n) is 16.1. The Bertz CT molecular complexity index is 1200. The van der Waals surface area contributed by atoms with Crippen molar-refractivity contribution in [3.8, 4) is 5.69 Å². The molecule has 0 saturated heterocycles. The SMILES string of the molecule is CC(=O)c1ccccc1-n1cc(C(=N)Cc2ccccc2C)c2ccccc21. The second-order valence-electron chi connectivity index (χ2n) is 7.09. The minimum Gasteiger partial charge on any atom is -0.315 e. The van der Waals surface area contributed by atoms with E-state index in [-0.39, 0.29) is 5.78 Å². The maximum atomic E-state index is 12.1. The van der Waals surface area contributed by atoms with Crippen LogP contribution in [0.3, 0.4) is 0 Å². The summed E-state index contributed by atoms with van der Waals surface area (Å²) in [4.78, 5) is 12.1. The van der Waals surface area contributed by atoms with Crippen molar-refractivity contribution in [1.29, 1.82) is 5.41 Å². The molecular weight excluding hydrogens is 344 g/mol. The van der Waals surface area contributed by atoms with Gasteiger partial charge < -0.3 is 9.98 Å². The number of hydrogen-bond donors (Lipinski definition) is 1. The average Bonchev–Trinajstić information content (AvgIpc) is 3.09. The first-order chi connectivity index (χ1) is 13.6. The Kier molecular flexibility index (Phi) is 4.66. The molecule has 0 aliphatic rings. The highest BCUT2D eigenvalue weighted by Crippen LogP contribution is 2.28. The van der Waals surface area contributed by atoms with Crippen LogP contribution >= 0.6 is 0 Å². The molecule has 3 nitrogen and oxygen atoms in total. The highest BCUT2D eigenvalue weighted by Gasteiger charge is 2.16. The molecule has 0 spiro atoms. The fourth-order valence-electron chi connectivity index (χ4n) is 3.69. The molecule has 3 heteroatoms. The van der Waals surface area contributed by atoms with E-state index in [1.54, 1.807) is 6.92 Å². The van der Waals surface area contributed by atoms with Crippen molar-refractivity contribution in [3.05, 3.63) is 101 Å². The largest absolute Gasteiger partial charge is 0.315 e. The topological polar surface area (TPSA) is 45.9 Å². The quantitative estimate of drug-likeness (QED) is 0.355. The predicted octanol–water partition coefficient (Wildman–Crippen LogP) is 5.75. The molecule has 0 radical (unpaired) electrons. The molecule has 4 aromatic rings. The minimum absolute atomic E-state index is 0.0323. The van der Waals surface area contributed by atoms with Crippen molar-refractivity contribution in [2.45, 2.75) is 20.3 Å². The Labute approximate surface area is 164 Å². The first kappa shape index (κ1) is 17.9. The van der Waals surface area contributed by atoms with Crippen LogP contribution in [0.25, 0.3) is 16.6 Å². The third-order valence-electron chi connectivity index (χ3n) is 5.21. The van der Waals surface area contributed by atoms with Crippen LogP contribution < -0.4 is 0 Å². The number of nitrogens with zero attached hydrogens (tertiary/aromatic N) is 1. The lowest BCUT2D eigenvalue weighted by Gasteiger charge is -2.09. The van der Waals surface area contributed by atoms with Crippen LogP contribution in [0, 0.1) is 12.3 Å². The van der Waals surface area contributed by atoms with Gasteiger partial charge >= 0.3 is 0 Å². The predicted molar refractivity (Wildman–Crippen MR) is 115 cm³/mol. The van der Waals surface area contributed by atoms with E-state index in [4.69, 9.17) is 5.41 Å². The number of aryl methyl sites for hydroxylation is 1. The first-order valence-electron chi connectivity index (χ1n) is 9.39. The Hall–Kier alpha value is -3.46. The molecule has 0 fully saturated rings. The number of carbonyl (C=O) groups is 1. The molecule has 1 N–H and O–H groups in total. The van der Waals surface area contributed by atoms with E-state index in [9.17, 15) is 4.79 Å². The maximum Gasteiger partial charge on any atom is 0.161 e. The van der Waals surface area contributed by atoms with Gasteiger partial charge in [-0.25, -0.2) is 0 Å². The van der Waals surface area contributed by atoms with Crippen molar-refractivity contribution >= 4 is 22.4 Å². The lowest BCUT2D eigenvalue weighted by molar-refractivity contribution is 0.101. The van der Waals surface area contributed by atoms with E-state index < -0.39 is 0 Å². The third kappa shape index (κ3) is 3.16. The van der Waals surface area contributed by atoms with Crippen LogP contribution in [0.2, 0.25) is 0 Å². The van der Waals surface area contributed by atoms with E-state index in [2.05, 4.69) is 19.1 Å². The fourth-order valence-corrected chi connectivity index (χ4v) is 3.69. The number of ketones is 1. The number of hydrogen-bond acceptors (Lipinski definition) is 2. The molecule has 0 unspecified atom stereocenters. The van der Waals surface area contributed by atoms with Crippen molar-refractivity contribution in [3.63, 3.8) is 0 Å². The molecule has 0 amide bonds. The zero-order valence-corrected chi connectivity index (χ0v) is 16.1. The standard InChI is InChI=1S/C25H22N2O/c1-17-9-3-4-10-19(17)15-23(26)22-16-27(25-14-8-6-12-21(22)25)24-13-7-5-11-20(24)18(2)28/h3-14,16,26H,15H2,1-2H3. The smallest absolute Gasteiger partial charge is 0.161 e. The summed E-state index contributed by atoms with van der Waals surface area (Å²) in [5, 5.41) is 9.81. The molecule has 1 heterocycles. The zero-order chi connectivity index (χ0) is 19.7. The Morgan fingerprint density at radius 1 is 0.893 bits per heavy atom. The summed E-state index contributed by atoms with van der Waals surface area (Å²) in [7, 11) is 0. The van der Waals surface area contributed by atoms with Gasteiger partial charge in [0.25, 0.3) is 0 Å². The molecule has 0 aliphatic heterocycles. The van der Waals surface area contributed by atoms with Crippen molar-refractivity contribution < 1.29 is 4.79 Å². The first-order valence-corrected chi connectivity index (χ1v) is 9.39. The van der Waals surface area contributed by atoms with Crippen molar-refractivity contribution in [1.82, 2.24) is 4.57 Å². The van der Waals surface area contributed by atoms with Crippen LogP contribution in [-0.2, 0) is 6.42 Å². The molecule has 0 bridgehead atoms. The van der Waals surface area contributed by atoms with Gasteiger partial charge in [0.1, 0.15) is 0 Å². The van der Waals surface area contributed by atoms with E-state index in [1.807, 2.05) is 71.4 Å². The van der Waals surface area contributed by atoms with Gasteiger partial charge in [-0.05, 0) is 43.2 Å². The number of benzene rings is 3. The lowest BCUT2D eigenvalue weighted by atomic mass is 9.99. The monoisotopic (exact) mass is 366 g/mol. The number of aromatic nitrogens is 1. The summed E-state index contributed by atoms with van der Waals surface area (Å²) < 4.78 is 2.04. The number of rotatable bonds is 5. The molecule has 138 valence electrons. The molecule has 4 rings (SSSR count). The van der Waals surface area contributed by atoms with Gasteiger partial charge in [0, 0.05) is 34.8 Å². The number of nitrogens with one attached hydrogen (secondary N) is 1. The lowest BCUT2D eigenvalue weighted by Crippen LogP contribution is -2.05. The summed E-state index contributed by atoms with van der Waals surface area (Å²) in [5.41, 5.74) is 6.36. The van der Waals surface area contributed by atoms with Gasteiger partial charge in [-0.3, -0.25) is 4.79 Å². The summed E-state index contributed by atoms with van der Waals surface area (Å²) in [6.45, 7) is 3.67. The summed E-state index contributed by atoms with van der Waals surface area (Å²) in [6.07, 6.45) is 2.57. The normalized spacial score (nSPS) is 10.9. The fraction of sp³-hybridized carbons (Fsp3) is 0.120. The van der Waals surface area contributed by atoms with Gasteiger partial charge in [0.15, 0.2) is 5.78 Å². The summed E-state index contributed by atoms with van der Waals surface area (Å²) in [5.74, 6) is 0.0323. The maximum absolute atomic E-state index is 12.1. The molecule has 0 atom stereocenters. The van der Waals surface area contributed by atoms with Gasteiger partial charge in [0.2, 0.25) is 0 Å². The molecule has 0 saturated carbocycles. The van der Waals surface area contributed by atoms with Gasteiger partial charge in [-0.15, -0.1) is 0 Å². The van der Waals surface area contributed by atoms with Gasteiger partial charge in [-0.2, -0.15) is 0 Å². The average molecular weight is 366 g/mol. The van der Waals surface area contributed by atoms with Crippen LogP contribution in [0.5, 0.6) is 0 Å². The number of Topliss-reactive ketones (excluding diaryl/α,β-unsaturated/α-hetero) is 1. The molecule has 28 heavy (non-hydrogen) atoms. The van der Waals surface area contributed by atoms with Crippen LogP contribution in [-0.4, -0.2) is 16.1 Å². The molecule has 1 aromatic heterocycles. The Morgan fingerprint density at radius 2 is 1.57 bits per heavy atom. The van der Waals surface area contributed by atoms with E-state index >= 15 is 0 Å². The second-order valence-corrected chi connectivity index (χ2v) is 7.09. The van der Waals surface area contributed by atoms with Crippen LogP contribution in [0.1, 0.15) is 34.0 Å². The van der Waals surface area contributed by atoms with E-state index in [0.29, 0.717) is 17.7 Å². The van der Waals surface area contributed by atoms with Crippen LogP contribution in [0.15, 0.2) is 79.0 Å². The molecular formula is C25H22N2O. The van der Waals surface area contributed by atoms with Crippen molar-refractivity contribution in [2.24, 2.45) is 0 Å². The minimum atomic E-state index is 0.0323. The van der Waals surface area contributed by atoms with Gasteiger partial charge in [-0.1, -0.05) is 54.6 Å².